The van der Waals surface area contributed by atoms with Crippen molar-refractivity contribution in [1.82, 2.24) is 15.0 Å². The average Bonchev–Trinajstić information content (AvgIpc) is 3.10. The van der Waals surface area contributed by atoms with Gasteiger partial charge >= 0.3 is 0 Å². The Labute approximate surface area is 111 Å². The topological polar surface area (TPSA) is 75.5 Å². The molecular formula is C13H17N3O3. The Kier molecular flexibility index (Phi) is 3.35. The van der Waals surface area contributed by atoms with E-state index < -0.39 is 0 Å². The Bertz CT molecular complexity index is 523. The number of furan rings is 1. The number of rotatable bonds is 4. The monoisotopic (exact) mass is 263 g/mol. The van der Waals surface area contributed by atoms with Crippen LogP contribution in [0, 0.1) is 12.8 Å². The van der Waals surface area contributed by atoms with Gasteiger partial charge in [0.15, 0.2) is 5.82 Å². The molecular weight excluding hydrogens is 246 g/mol. The van der Waals surface area contributed by atoms with Crippen LogP contribution in [0.25, 0.3) is 0 Å². The molecule has 3 rings (SSSR count). The van der Waals surface area contributed by atoms with Gasteiger partial charge in [0.25, 0.3) is 0 Å². The number of aryl methyl sites for hydroxylation is 1. The van der Waals surface area contributed by atoms with Crippen LogP contribution in [0.2, 0.25) is 0 Å². The quantitative estimate of drug-likeness (QED) is 0.892. The minimum Gasteiger partial charge on any atom is -0.472 e. The zero-order valence-electron chi connectivity index (χ0n) is 10.8. The van der Waals surface area contributed by atoms with Gasteiger partial charge in [-0.2, -0.15) is 4.98 Å². The number of hydrogen-bond donors (Lipinski definition) is 1. The van der Waals surface area contributed by atoms with Gasteiger partial charge in [-0.05, 0) is 13.0 Å². The van der Waals surface area contributed by atoms with E-state index in [0.29, 0.717) is 11.7 Å². The van der Waals surface area contributed by atoms with Crippen molar-refractivity contribution < 1.29 is 14.0 Å². The summed E-state index contributed by atoms with van der Waals surface area (Å²) in [6, 6.07) is 1.96. The second-order valence-electron chi connectivity index (χ2n) is 5.05. The Balaban J connectivity index is 1.71. The van der Waals surface area contributed by atoms with E-state index in [1.165, 1.54) is 0 Å². The lowest BCUT2D eigenvalue weighted by Gasteiger charge is -2.13. The molecule has 0 bridgehead atoms. The highest BCUT2D eigenvalue weighted by atomic mass is 16.5. The summed E-state index contributed by atoms with van der Waals surface area (Å²) in [5.74, 6) is 1.52. The number of aliphatic hydroxyl groups excluding tert-OH is 1. The fraction of sp³-hybridized carbons (Fsp3) is 0.538. The van der Waals surface area contributed by atoms with Crippen molar-refractivity contribution in [3.8, 4) is 0 Å². The number of likely N-dealkylation sites (tertiary alicyclic amines) is 1. The molecule has 1 aliphatic rings. The molecule has 2 atom stereocenters. The number of aliphatic hydroxyl groups is 1. The molecule has 6 heteroatoms. The molecule has 1 fully saturated rings. The highest BCUT2D eigenvalue weighted by molar-refractivity contribution is 5.08. The minimum atomic E-state index is 0.109. The fourth-order valence-electron chi connectivity index (χ4n) is 2.66. The maximum absolute atomic E-state index is 9.51. The lowest BCUT2D eigenvalue weighted by molar-refractivity contribution is 0.204. The van der Waals surface area contributed by atoms with Gasteiger partial charge in [-0.25, -0.2) is 0 Å². The van der Waals surface area contributed by atoms with Crippen molar-refractivity contribution in [2.75, 3.05) is 19.7 Å². The third kappa shape index (κ3) is 2.54. The van der Waals surface area contributed by atoms with Gasteiger partial charge < -0.3 is 14.0 Å². The summed E-state index contributed by atoms with van der Waals surface area (Å²) < 4.78 is 10.3. The molecule has 1 saturated heterocycles. The first kappa shape index (κ1) is 12.4. The second-order valence-corrected chi connectivity index (χ2v) is 5.05. The van der Waals surface area contributed by atoms with Crippen molar-refractivity contribution in [3.63, 3.8) is 0 Å². The maximum Gasteiger partial charge on any atom is 0.231 e. The van der Waals surface area contributed by atoms with E-state index >= 15 is 0 Å². The number of nitrogens with zero attached hydrogens (tertiary/aromatic N) is 3. The molecule has 0 aliphatic carbocycles. The number of hydrogen-bond acceptors (Lipinski definition) is 6. The predicted molar refractivity (Wildman–Crippen MR) is 66.3 cm³/mol. The molecule has 19 heavy (non-hydrogen) atoms. The molecule has 0 radical (unpaired) electrons. The molecule has 0 unspecified atom stereocenters. The Hall–Kier alpha value is -1.66. The third-order valence-corrected chi connectivity index (χ3v) is 3.60. The van der Waals surface area contributed by atoms with Gasteiger partial charge in [0.2, 0.25) is 5.89 Å². The maximum atomic E-state index is 9.51. The van der Waals surface area contributed by atoms with Gasteiger partial charge in [0.1, 0.15) is 0 Å². The summed E-state index contributed by atoms with van der Waals surface area (Å²) >= 11 is 0. The highest BCUT2D eigenvalue weighted by Gasteiger charge is 2.36. The summed E-state index contributed by atoms with van der Waals surface area (Å²) in [7, 11) is 0. The average molecular weight is 263 g/mol. The van der Waals surface area contributed by atoms with Crippen molar-refractivity contribution in [1.29, 1.82) is 0 Å². The zero-order valence-corrected chi connectivity index (χ0v) is 10.8. The molecule has 1 aliphatic heterocycles. The predicted octanol–water partition coefficient (Wildman–Crippen LogP) is 1.18. The molecule has 2 aromatic rings. The van der Waals surface area contributed by atoms with Crippen LogP contribution in [-0.4, -0.2) is 39.8 Å². The van der Waals surface area contributed by atoms with Crippen molar-refractivity contribution in [2.45, 2.75) is 19.4 Å². The third-order valence-electron chi connectivity index (χ3n) is 3.60. The smallest absolute Gasteiger partial charge is 0.231 e. The van der Waals surface area contributed by atoms with Gasteiger partial charge in [0.05, 0.1) is 18.4 Å². The molecule has 2 aromatic heterocycles. The van der Waals surface area contributed by atoms with Crippen LogP contribution in [0.4, 0.5) is 0 Å². The minimum absolute atomic E-state index is 0.109. The second kappa shape index (κ2) is 5.14. The fourth-order valence-corrected chi connectivity index (χ4v) is 2.66. The number of aromatic nitrogens is 2. The normalized spacial score (nSPS) is 24.1. The first-order valence-corrected chi connectivity index (χ1v) is 6.40. The van der Waals surface area contributed by atoms with E-state index in [9.17, 15) is 5.11 Å². The van der Waals surface area contributed by atoms with Crippen molar-refractivity contribution >= 4 is 0 Å². The summed E-state index contributed by atoms with van der Waals surface area (Å²) in [5, 5.41) is 13.3. The molecule has 0 saturated carbocycles. The van der Waals surface area contributed by atoms with Gasteiger partial charge in [0, 0.05) is 37.7 Å². The SMILES string of the molecule is Cc1noc([C@@H]2CN(Cc3ccoc3)C[C@H]2CO)n1. The molecule has 0 spiro atoms. The molecule has 0 aromatic carbocycles. The van der Waals surface area contributed by atoms with Crippen LogP contribution in [-0.2, 0) is 6.54 Å². The van der Waals surface area contributed by atoms with E-state index in [2.05, 4.69) is 15.0 Å². The van der Waals surface area contributed by atoms with Crippen LogP contribution >= 0.6 is 0 Å². The van der Waals surface area contributed by atoms with E-state index in [1.54, 1.807) is 19.5 Å². The largest absolute Gasteiger partial charge is 0.472 e. The van der Waals surface area contributed by atoms with Gasteiger partial charge in [-0.15, -0.1) is 0 Å². The van der Waals surface area contributed by atoms with E-state index in [-0.39, 0.29) is 18.4 Å². The van der Waals surface area contributed by atoms with E-state index in [4.69, 9.17) is 8.94 Å². The molecule has 6 nitrogen and oxygen atoms in total. The summed E-state index contributed by atoms with van der Waals surface area (Å²) in [4.78, 5) is 6.56. The van der Waals surface area contributed by atoms with Gasteiger partial charge in [-0.3, -0.25) is 4.90 Å². The molecule has 102 valence electrons. The Morgan fingerprint density at radius 2 is 2.37 bits per heavy atom. The van der Waals surface area contributed by atoms with Crippen LogP contribution in [0.1, 0.15) is 23.2 Å². The van der Waals surface area contributed by atoms with Crippen LogP contribution in [0.3, 0.4) is 0 Å². The Morgan fingerprint density at radius 3 is 3.00 bits per heavy atom. The van der Waals surface area contributed by atoms with Gasteiger partial charge in [-0.1, -0.05) is 5.16 Å². The van der Waals surface area contributed by atoms with E-state index in [0.717, 1.165) is 25.2 Å². The highest BCUT2D eigenvalue weighted by Crippen LogP contribution is 2.32. The zero-order chi connectivity index (χ0) is 13.2. The summed E-state index contributed by atoms with van der Waals surface area (Å²) in [5.41, 5.74) is 1.14. The van der Waals surface area contributed by atoms with Crippen LogP contribution < -0.4 is 0 Å². The summed E-state index contributed by atoms with van der Waals surface area (Å²) in [6.07, 6.45) is 3.42. The standard InChI is InChI=1S/C13H17N3O3/c1-9-14-13(19-15-9)12-6-16(5-11(12)7-17)4-10-2-3-18-8-10/h2-3,8,11-12,17H,4-7H2,1H3/t11-,12+/m0/s1. The first-order chi connectivity index (χ1) is 9.26. The molecule has 1 N–H and O–H groups in total. The molecule has 3 heterocycles. The summed E-state index contributed by atoms with van der Waals surface area (Å²) in [6.45, 7) is 4.40. The Morgan fingerprint density at radius 1 is 1.47 bits per heavy atom. The molecule has 0 amide bonds. The lowest BCUT2D eigenvalue weighted by Crippen LogP contribution is -2.20. The van der Waals surface area contributed by atoms with Crippen LogP contribution in [0.15, 0.2) is 27.5 Å². The van der Waals surface area contributed by atoms with Crippen molar-refractivity contribution in [3.05, 3.63) is 35.9 Å². The van der Waals surface area contributed by atoms with Crippen molar-refractivity contribution in [2.24, 2.45) is 5.92 Å². The first-order valence-electron chi connectivity index (χ1n) is 6.40. The lowest BCUT2D eigenvalue weighted by atomic mass is 9.97. The van der Waals surface area contributed by atoms with E-state index in [1.807, 2.05) is 6.07 Å². The van der Waals surface area contributed by atoms with Crippen LogP contribution in [0.5, 0.6) is 0 Å².